The molecule has 0 radical (unpaired) electrons. The quantitative estimate of drug-likeness (QED) is 0.379. The van der Waals surface area contributed by atoms with Crippen LogP contribution in [0, 0.1) is 13.8 Å². The SMILES string of the molecule is Cc1c(O)c2c(c(C)c1O[C@@H]1O[C@H](CO)[C@@H](O)[C@H](O)[C@H]1O)O[C@H](c1ccc(O)cc1)CC2=O. The third kappa shape index (κ3) is 4.00. The minimum absolute atomic E-state index is 0.0150. The molecule has 2 aliphatic rings. The molecule has 0 aliphatic carbocycles. The second kappa shape index (κ2) is 8.81. The first-order chi connectivity index (χ1) is 15.6. The molecule has 2 heterocycles. The Morgan fingerprint density at radius 3 is 2.30 bits per heavy atom. The van der Waals surface area contributed by atoms with Crippen molar-refractivity contribution in [2.24, 2.45) is 0 Å². The number of carbonyl (C=O) groups excluding carboxylic acids is 1. The van der Waals surface area contributed by atoms with Crippen LogP contribution in [0.4, 0.5) is 0 Å². The average Bonchev–Trinajstić information content (AvgIpc) is 2.80. The molecule has 33 heavy (non-hydrogen) atoms. The predicted molar refractivity (Wildman–Crippen MR) is 112 cm³/mol. The molecule has 178 valence electrons. The lowest BCUT2D eigenvalue weighted by molar-refractivity contribution is -0.277. The highest BCUT2D eigenvalue weighted by molar-refractivity contribution is 6.03. The normalized spacial score (nSPS) is 29.3. The summed E-state index contributed by atoms with van der Waals surface area (Å²) in [5.41, 5.74) is 1.22. The maximum absolute atomic E-state index is 12.9. The van der Waals surface area contributed by atoms with Gasteiger partial charge in [-0.05, 0) is 31.5 Å². The first-order valence-electron chi connectivity index (χ1n) is 10.5. The van der Waals surface area contributed by atoms with Gasteiger partial charge in [-0.3, -0.25) is 4.79 Å². The highest BCUT2D eigenvalue weighted by Gasteiger charge is 2.45. The fourth-order valence-electron chi connectivity index (χ4n) is 4.17. The van der Waals surface area contributed by atoms with E-state index in [2.05, 4.69) is 0 Å². The van der Waals surface area contributed by atoms with E-state index in [9.17, 15) is 35.4 Å². The molecule has 1 saturated heterocycles. The molecule has 6 N–H and O–H groups in total. The number of ketones is 1. The number of ether oxygens (including phenoxy) is 3. The molecule has 10 nitrogen and oxygen atoms in total. The summed E-state index contributed by atoms with van der Waals surface area (Å²) >= 11 is 0. The largest absolute Gasteiger partial charge is 0.508 e. The van der Waals surface area contributed by atoms with Gasteiger partial charge in [0.05, 0.1) is 13.0 Å². The summed E-state index contributed by atoms with van der Waals surface area (Å²) in [7, 11) is 0. The molecule has 10 heteroatoms. The fourth-order valence-corrected chi connectivity index (χ4v) is 4.17. The zero-order valence-corrected chi connectivity index (χ0v) is 18.0. The van der Waals surface area contributed by atoms with Crippen LogP contribution in [-0.2, 0) is 4.74 Å². The van der Waals surface area contributed by atoms with Crippen LogP contribution in [0.25, 0.3) is 0 Å². The van der Waals surface area contributed by atoms with Gasteiger partial charge in [0.2, 0.25) is 6.29 Å². The molecule has 4 rings (SSSR count). The number of carbonyl (C=O) groups is 1. The van der Waals surface area contributed by atoms with E-state index < -0.39 is 43.4 Å². The van der Waals surface area contributed by atoms with Crippen LogP contribution in [-0.4, -0.2) is 73.7 Å². The Kier molecular flexibility index (Phi) is 6.21. The Hall–Kier alpha value is -2.89. The maximum Gasteiger partial charge on any atom is 0.229 e. The van der Waals surface area contributed by atoms with Gasteiger partial charge in [-0.2, -0.15) is 0 Å². The summed E-state index contributed by atoms with van der Waals surface area (Å²) in [6.45, 7) is 2.50. The van der Waals surface area contributed by atoms with Crippen LogP contribution < -0.4 is 9.47 Å². The molecule has 1 fully saturated rings. The summed E-state index contributed by atoms with van der Waals surface area (Å²) in [6.07, 6.45) is -8.14. The van der Waals surface area contributed by atoms with Crippen LogP contribution in [0.5, 0.6) is 23.0 Å². The van der Waals surface area contributed by atoms with Crippen LogP contribution >= 0.6 is 0 Å². The van der Waals surface area contributed by atoms with E-state index in [1.807, 2.05) is 0 Å². The number of rotatable bonds is 4. The summed E-state index contributed by atoms with van der Waals surface area (Å²) in [5, 5.41) is 60.0. The van der Waals surface area contributed by atoms with E-state index in [-0.39, 0.29) is 46.3 Å². The number of aliphatic hydroxyl groups is 4. The number of aromatic hydroxyl groups is 2. The predicted octanol–water partition coefficient (Wildman–Crippen LogP) is 0.600. The molecule has 2 aliphatic heterocycles. The second-order valence-electron chi connectivity index (χ2n) is 8.27. The lowest BCUT2D eigenvalue weighted by Gasteiger charge is -2.40. The summed E-state index contributed by atoms with van der Waals surface area (Å²) in [4.78, 5) is 12.9. The smallest absolute Gasteiger partial charge is 0.229 e. The molecular weight excluding hydrogens is 436 g/mol. The monoisotopic (exact) mass is 462 g/mol. The number of hydrogen-bond donors (Lipinski definition) is 6. The number of aliphatic hydroxyl groups excluding tert-OH is 4. The van der Waals surface area contributed by atoms with E-state index in [4.69, 9.17) is 14.2 Å². The van der Waals surface area contributed by atoms with Crippen LogP contribution in [0.2, 0.25) is 0 Å². The number of Topliss-reactive ketones (excluding diaryl/α,β-unsaturated/α-hetero) is 1. The van der Waals surface area contributed by atoms with Crippen molar-refractivity contribution in [3.63, 3.8) is 0 Å². The molecule has 6 atom stereocenters. The third-order valence-electron chi connectivity index (χ3n) is 6.10. The number of phenolic OH excluding ortho intramolecular Hbond substituents is 2. The summed E-state index contributed by atoms with van der Waals surface area (Å²) < 4.78 is 17.2. The minimum atomic E-state index is -1.65. The zero-order valence-electron chi connectivity index (χ0n) is 18.0. The van der Waals surface area contributed by atoms with Crippen molar-refractivity contribution < 1.29 is 49.6 Å². The van der Waals surface area contributed by atoms with Gasteiger partial charge in [0.15, 0.2) is 5.78 Å². The molecule has 0 amide bonds. The highest BCUT2D eigenvalue weighted by Crippen LogP contribution is 2.48. The number of fused-ring (bicyclic) bond motifs is 1. The maximum atomic E-state index is 12.9. The van der Waals surface area contributed by atoms with Gasteiger partial charge in [-0.15, -0.1) is 0 Å². The Balaban J connectivity index is 1.70. The van der Waals surface area contributed by atoms with E-state index >= 15 is 0 Å². The molecule has 2 aromatic carbocycles. The van der Waals surface area contributed by atoms with Gasteiger partial charge in [-0.25, -0.2) is 0 Å². The third-order valence-corrected chi connectivity index (χ3v) is 6.10. The van der Waals surface area contributed by atoms with Gasteiger partial charge >= 0.3 is 0 Å². The van der Waals surface area contributed by atoms with E-state index in [0.717, 1.165) is 0 Å². The molecule has 0 saturated carbocycles. The van der Waals surface area contributed by atoms with Crippen molar-refractivity contribution in [3.05, 3.63) is 46.5 Å². The summed E-state index contributed by atoms with van der Waals surface area (Å²) in [6, 6.07) is 6.22. The molecule has 0 bridgehead atoms. The van der Waals surface area contributed by atoms with Crippen LogP contribution in [0.15, 0.2) is 24.3 Å². The number of hydrogen-bond acceptors (Lipinski definition) is 10. The Morgan fingerprint density at radius 1 is 1.00 bits per heavy atom. The van der Waals surface area contributed by atoms with Crippen molar-refractivity contribution in [1.82, 2.24) is 0 Å². The van der Waals surface area contributed by atoms with Crippen molar-refractivity contribution in [3.8, 4) is 23.0 Å². The summed E-state index contributed by atoms with van der Waals surface area (Å²) in [5.74, 6) is -0.440. The highest BCUT2D eigenvalue weighted by atomic mass is 16.7. The zero-order chi connectivity index (χ0) is 24.0. The lowest BCUT2D eigenvalue weighted by Crippen LogP contribution is -2.60. The Morgan fingerprint density at radius 2 is 1.67 bits per heavy atom. The Labute approximate surface area is 189 Å². The molecule has 0 aromatic heterocycles. The van der Waals surface area contributed by atoms with Gasteiger partial charge in [0, 0.05) is 11.1 Å². The topological polar surface area (TPSA) is 166 Å². The fraction of sp³-hybridized carbons (Fsp3) is 0.435. The van der Waals surface area contributed by atoms with Gasteiger partial charge in [-0.1, -0.05) is 12.1 Å². The first-order valence-corrected chi connectivity index (χ1v) is 10.5. The standard InChI is InChI=1S/C23H26O10/c1-9-17(27)16-13(26)7-14(11-3-5-12(25)6-4-11)31-22(16)10(2)21(9)33-23-20(30)19(29)18(28)15(8-24)32-23/h3-6,14-15,18-20,23-25,27-30H,7-8H2,1-2H3/t14-,15+,18+,19-,20+,23-/m0/s1. The molecule has 2 aromatic rings. The van der Waals surface area contributed by atoms with E-state index in [1.54, 1.807) is 19.1 Å². The van der Waals surface area contributed by atoms with Crippen LogP contribution in [0.3, 0.4) is 0 Å². The molecule has 0 unspecified atom stereocenters. The van der Waals surface area contributed by atoms with E-state index in [1.165, 1.54) is 19.1 Å². The van der Waals surface area contributed by atoms with Gasteiger partial charge < -0.3 is 44.8 Å². The first kappa shape index (κ1) is 23.3. The van der Waals surface area contributed by atoms with Crippen molar-refractivity contribution in [2.45, 2.75) is 57.1 Å². The number of benzene rings is 2. The van der Waals surface area contributed by atoms with Gasteiger partial charge in [0.1, 0.15) is 59.1 Å². The molecular formula is C23H26O10. The molecule has 0 spiro atoms. The lowest BCUT2D eigenvalue weighted by atomic mass is 9.91. The van der Waals surface area contributed by atoms with Crippen LogP contribution in [0.1, 0.15) is 39.6 Å². The van der Waals surface area contributed by atoms with Crippen molar-refractivity contribution in [2.75, 3.05) is 6.61 Å². The van der Waals surface area contributed by atoms with Gasteiger partial charge in [0.25, 0.3) is 0 Å². The average molecular weight is 462 g/mol. The van der Waals surface area contributed by atoms with Crippen molar-refractivity contribution in [1.29, 1.82) is 0 Å². The Bertz CT molecular complexity index is 1050. The van der Waals surface area contributed by atoms with E-state index in [0.29, 0.717) is 11.1 Å². The second-order valence-corrected chi connectivity index (χ2v) is 8.27. The minimum Gasteiger partial charge on any atom is -0.508 e. The van der Waals surface area contributed by atoms with Crippen molar-refractivity contribution >= 4 is 5.78 Å². The number of phenols is 2.